The Morgan fingerprint density at radius 3 is 2.52 bits per heavy atom. The monoisotopic (exact) mass is 367 g/mol. The van der Waals surface area contributed by atoms with E-state index in [9.17, 15) is 10.1 Å². The van der Waals surface area contributed by atoms with E-state index >= 15 is 0 Å². The summed E-state index contributed by atoms with van der Waals surface area (Å²) < 4.78 is 2.03. The van der Waals surface area contributed by atoms with Crippen LogP contribution in [-0.2, 0) is 13.6 Å². The van der Waals surface area contributed by atoms with Crippen molar-refractivity contribution in [1.82, 2.24) is 14.5 Å². The van der Waals surface area contributed by atoms with Crippen LogP contribution in [0.2, 0.25) is 0 Å². The number of aryl methyl sites for hydroxylation is 1. The van der Waals surface area contributed by atoms with Crippen molar-refractivity contribution in [3.63, 3.8) is 0 Å². The van der Waals surface area contributed by atoms with Crippen molar-refractivity contribution in [3.8, 4) is 0 Å². The predicted molar refractivity (Wildman–Crippen MR) is 104 cm³/mol. The minimum atomic E-state index is -0.432. The predicted octanol–water partition coefficient (Wildman–Crippen LogP) is 1.66. The molecule has 0 spiro atoms. The van der Waals surface area contributed by atoms with Gasteiger partial charge in [-0.05, 0) is 24.3 Å². The molecular weight excluding hydrogens is 346 g/mol. The molecule has 0 aliphatic carbocycles. The van der Waals surface area contributed by atoms with E-state index in [1.54, 1.807) is 6.07 Å². The Morgan fingerprint density at radius 2 is 1.89 bits per heavy atom. The maximum absolute atomic E-state index is 10.8. The Kier molecular flexibility index (Phi) is 4.36. The van der Waals surface area contributed by atoms with Crippen LogP contribution in [-0.4, -0.2) is 45.6 Å². The number of hydrogen-bond acceptors (Lipinski definition) is 7. The van der Waals surface area contributed by atoms with Crippen molar-refractivity contribution < 1.29 is 4.92 Å². The minimum absolute atomic E-state index is 0.0119. The Bertz CT molecular complexity index is 975. The van der Waals surface area contributed by atoms with Crippen LogP contribution in [0.25, 0.3) is 11.0 Å². The molecule has 0 radical (unpaired) electrons. The average molecular weight is 367 g/mol. The summed E-state index contributed by atoms with van der Waals surface area (Å²) in [7, 11) is 1.98. The second-order valence-corrected chi connectivity index (χ2v) is 6.57. The van der Waals surface area contributed by atoms with E-state index in [0.29, 0.717) is 6.54 Å². The third-order valence-corrected chi connectivity index (χ3v) is 5.05. The first kappa shape index (κ1) is 17.2. The molecule has 1 saturated heterocycles. The first-order valence-corrected chi connectivity index (χ1v) is 8.82. The van der Waals surface area contributed by atoms with E-state index in [2.05, 4.69) is 38.0 Å². The van der Waals surface area contributed by atoms with Gasteiger partial charge in [0.1, 0.15) is 17.8 Å². The van der Waals surface area contributed by atoms with Gasteiger partial charge >= 0.3 is 0 Å². The van der Waals surface area contributed by atoms with Gasteiger partial charge < -0.3 is 20.1 Å². The number of hydrogen-bond donors (Lipinski definition) is 1. The van der Waals surface area contributed by atoms with Crippen LogP contribution in [0.5, 0.6) is 0 Å². The van der Waals surface area contributed by atoms with Gasteiger partial charge in [0.2, 0.25) is 0 Å². The number of nitrogens with zero attached hydrogens (tertiary/aromatic N) is 6. The second kappa shape index (κ2) is 6.84. The topological polar surface area (TPSA) is 106 Å². The smallest absolute Gasteiger partial charge is 0.287 e. The van der Waals surface area contributed by atoms with Crippen LogP contribution >= 0.6 is 0 Å². The van der Waals surface area contributed by atoms with E-state index in [-0.39, 0.29) is 5.69 Å². The van der Waals surface area contributed by atoms with Gasteiger partial charge in [-0.1, -0.05) is 0 Å². The third kappa shape index (κ3) is 3.17. The fourth-order valence-corrected chi connectivity index (χ4v) is 3.48. The first-order chi connectivity index (χ1) is 13.1. The van der Waals surface area contributed by atoms with Crippen molar-refractivity contribution in [3.05, 3.63) is 52.5 Å². The molecule has 3 heterocycles. The highest BCUT2D eigenvalue weighted by atomic mass is 16.6. The fraction of sp³-hybridized carbons (Fsp3) is 0.333. The van der Waals surface area contributed by atoms with E-state index in [1.165, 1.54) is 12.3 Å². The summed E-state index contributed by atoms with van der Waals surface area (Å²) in [4.78, 5) is 23.6. The third-order valence-electron chi connectivity index (χ3n) is 5.05. The standard InChI is InChI=1S/C18H21N7O2/c1-22-16-4-2-13(10-15(16)21-18(22)11-19)23-6-8-24(9-7-23)17-5-3-14(12-20-17)25(26)27/h2-5,10,12H,6-9,11,19H2,1H3. The highest BCUT2D eigenvalue weighted by Gasteiger charge is 2.20. The molecule has 0 unspecified atom stereocenters. The van der Waals surface area contributed by atoms with E-state index in [0.717, 1.165) is 54.5 Å². The molecular formula is C18H21N7O2. The van der Waals surface area contributed by atoms with Crippen LogP contribution in [0.1, 0.15) is 5.82 Å². The van der Waals surface area contributed by atoms with Gasteiger partial charge in [-0.15, -0.1) is 0 Å². The summed E-state index contributed by atoms with van der Waals surface area (Å²) in [5, 5.41) is 10.8. The molecule has 3 aromatic rings. The van der Waals surface area contributed by atoms with Crippen LogP contribution in [0.3, 0.4) is 0 Å². The van der Waals surface area contributed by atoms with Gasteiger partial charge in [-0.25, -0.2) is 9.97 Å². The number of fused-ring (bicyclic) bond motifs is 1. The highest BCUT2D eigenvalue weighted by molar-refractivity contribution is 5.80. The van der Waals surface area contributed by atoms with Gasteiger partial charge in [0.15, 0.2) is 0 Å². The molecule has 0 amide bonds. The van der Waals surface area contributed by atoms with Gasteiger partial charge in [0, 0.05) is 45.0 Å². The maximum Gasteiger partial charge on any atom is 0.287 e. The number of anilines is 2. The van der Waals surface area contributed by atoms with Crippen molar-refractivity contribution in [2.45, 2.75) is 6.54 Å². The molecule has 0 saturated carbocycles. The Labute approximate surface area is 156 Å². The Balaban J connectivity index is 1.47. The molecule has 0 atom stereocenters. The largest absolute Gasteiger partial charge is 0.368 e. The molecule has 1 fully saturated rings. The number of aromatic nitrogens is 3. The van der Waals surface area contributed by atoms with Gasteiger partial charge in [0.25, 0.3) is 5.69 Å². The lowest BCUT2D eigenvalue weighted by atomic mass is 10.2. The summed E-state index contributed by atoms with van der Waals surface area (Å²) >= 11 is 0. The summed E-state index contributed by atoms with van der Waals surface area (Å²) in [6, 6.07) is 9.51. The van der Waals surface area contributed by atoms with E-state index in [4.69, 9.17) is 5.73 Å². The highest BCUT2D eigenvalue weighted by Crippen LogP contribution is 2.25. The van der Waals surface area contributed by atoms with Crippen LogP contribution in [0.15, 0.2) is 36.5 Å². The van der Waals surface area contributed by atoms with Crippen molar-refractivity contribution in [1.29, 1.82) is 0 Å². The molecule has 1 aromatic carbocycles. The number of benzene rings is 1. The molecule has 2 aromatic heterocycles. The van der Waals surface area contributed by atoms with Gasteiger partial charge in [0.05, 0.1) is 22.5 Å². The van der Waals surface area contributed by atoms with Gasteiger partial charge in [-0.2, -0.15) is 0 Å². The van der Waals surface area contributed by atoms with Crippen LogP contribution < -0.4 is 15.5 Å². The van der Waals surface area contributed by atoms with Crippen LogP contribution in [0, 0.1) is 10.1 Å². The summed E-state index contributed by atoms with van der Waals surface area (Å²) in [6.45, 7) is 3.72. The van der Waals surface area contributed by atoms with Crippen molar-refractivity contribution in [2.75, 3.05) is 36.0 Å². The number of imidazole rings is 1. The molecule has 4 rings (SSSR count). The zero-order valence-electron chi connectivity index (χ0n) is 15.1. The molecule has 9 nitrogen and oxygen atoms in total. The number of rotatable bonds is 4. The maximum atomic E-state index is 10.8. The summed E-state index contributed by atoms with van der Waals surface area (Å²) in [5.41, 5.74) is 8.93. The molecule has 0 bridgehead atoms. The van der Waals surface area contributed by atoms with E-state index < -0.39 is 4.92 Å². The second-order valence-electron chi connectivity index (χ2n) is 6.57. The molecule has 1 aliphatic heterocycles. The van der Waals surface area contributed by atoms with Crippen LogP contribution in [0.4, 0.5) is 17.2 Å². The number of nitro groups is 1. The molecule has 27 heavy (non-hydrogen) atoms. The molecule has 9 heteroatoms. The minimum Gasteiger partial charge on any atom is -0.368 e. The quantitative estimate of drug-likeness (QED) is 0.552. The Hall–Kier alpha value is -3.20. The normalized spacial score (nSPS) is 14.7. The fourth-order valence-electron chi connectivity index (χ4n) is 3.48. The lowest BCUT2D eigenvalue weighted by Crippen LogP contribution is -2.46. The molecule has 140 valence electrons. The van der Waals surface area contributed by atoms with Crippen molar-refractivity contribution >= 4 is 28.2 Å². The zero-order chi connectivity index (χ0) is 19.0. The number of pyridine rings is 1. The Morgan fingerprint density at radius 1 is 1.15 bits per heavy atom. The number of nitrogens with two attached hydrogens (primary N) is 1. The average Bonchev–Trinajstić information content (AvgIpc) is 3.03. The van der Waals surface area contributed by atoms with Crippen molar-refractivity contribution in [2.24, 2.45) is 12.8 Å². The molecule has 2 N–H and O–H groups in total. The lowest BCUT2D eigenvalue weighted by Gasteiger charge is -2.36. The summed E-state index contributed by atoms with van der Waals surface area (Å²) in [6.07, 6.45) is 1.31. The SMILES string of the molecule is Cn1c(CN)nc2cc(N3CCN(c4ccc([N+](=O)[O-])cn4)CC3)ccc21. The lowest BCUT2D eigenvalue weighted by molar-refractivity contribution is -0.385. The summed E-state index contributed by atoms with van der Waals surface area (Å²) in [5.74, 6) is 1.64. The van der Waals surface area contributed by atoms with E-state index in [1.807, 2.05) is 11.6 Å². The molecule has 1 aliphatic rings. The van der Waals surface area contributed by atoms with Gasteiger partial charge in [-0.3, -0.25) is 10.1 Å². The first-order valence-electron chi connectivity index (χ1n) is 8.82. The zero-order valence-corrected chi connectivity index (χ0v) is 15.1. The number of piperazine rings is 1.